The summed E-state index contributed by atoms with van der Waals surface area (Å²) in [4.78, 5) is 22.6. The predicted molar refractivity (Wildman–Crippen MR) is 94.5 cm³/mol. The summed E-state index contributed by atoms with van der Waals surface area (Å²) in [5, 5.41) is 3.89. The Hall–Kier alpha value is -2.24. The van der Waals surface area contributed by atoms with Crippen molar-refractivity contribution in [3.63, 3.8) is 0 Å². The second-order valence-corrected chi connectivity index (χ2v) is 5.91. The molecule has 0 heterocycles. The van der Waals surface area contributed by atoms with Crippen molar-refractivity contribution in [2.45, 2.75) is 12.8 Å². The van der Waals surface area contributed by atoms with E-state index in [9.17, 15) is 9.59 Å². The summed E-state index contributed by atoms with van der Waals surface area (Å²) in [6.07, 6.45) is 0.808. The number of amides is 2. The molecule has 0 unspecified atom stereocenters. The molecule has 0 atom stereocenters. The molecular weight excluding hydrogens is 351 g/mol. The lowest BCUT2D eigenvalue weighted by molar-refractivity contribution is -0.120. The van der Waals surface area contributed by atoms with Gasteiger partial charge in [-0.2, -0.15) is 0 Å². The number of carbonyl (C=O) groups excluding carboxylic acids is 2. The lowest BCUT2D eigenvalue weighted by Crippen LogP contribution is -2.20. The van der Waals surface area contributed by atoms with Gasteiger partial charge in [0.05, 0.1) is 0 Å². The van der Waals surface area contributed by atoms with Crippen molar-refractivity contribution in [3.05, 3.63) is 58.1 Å². The van der Waals surface area contributed by atoms with Crippen LogP contribution in [0.4, 0.5) is 5.69 Å². The molecule has 2 aromatic carbocycles. The lowest BCUT2D eigenvalue weighted by atomic mass is 10.1. The molecule has 2 aromatic rings. The Kier molecular flexibility index (Phi) is 6.46. The van der Waals surface area contributed by atoms with Crippen LogP contribution in [0.5, 0.6) is 5.75 Å². The zero-order valence-electron chi connectivity index (χ0n) is 12.7. The molecule has 24 heavy (non-hydrogen) atoms. The van der Waals surface area contributed by atoms with E-state index < -0.39 is 5.91 Å². The third-order valence-corrected chi connectivity index (χ3v) is 3.74. The number of hydrogen-bond donors (Lipinski definition) is 2. The van der Waals surface area contributed by atoms with Gasteiger partial charge in [-0.05, 0) is 48.4 Å². The summed E-state index contributed by atoms with van der Waals surface area (Å²) in [6.45, 7) is -0.187. The SMILES string of the molecule is NC(=O)COc1ccc(NC(=O)CCc2ccc(Cl)cc2Cl)cc1. The fourth-order valence-electron chi connectivity index (χ4n) is 1.99. The Morgan fingerprint density at radius 3 is 2.42 bits per heavy atom. The lowest BCUT2D eigenvalue weighted by Gasteiger charge is -2.08. The first-order valence-corrected chi connectivity index (χ1v) is 7.94. The number of hydrogen-bond acceptors (Lipinski definition) is 3. The van der Waals surface area contributed by atoms with Gasteiger partial charge < -0.3 is 15.8 Å². The molecule has 0 spiro atoms. The number of anilines is 1. The number of aryl methyl sites for hydroxylation is 1. The molecule has 7 heteroatoms. The van der Waals surface area contributed by atoms with Crippen molar-refractivity contribution in [2.75, 3.05) is 11.9 Å². The molecule has 0 aliphatic rings. The van der Waals surface area contributed by atoms with Gasteiger partial charge in [0.2, 0.25) is 5.91 Å². The van der Waals surface area contributed by atoms with Gasteiger partial charge in [0, 0.05) is 22.2 Å². The molecule has 0 radical (unpaired) electrons. The smallest absolute Gasteiger partial charge is 0.255 e. The first-order chi connectivity index (χ1) is 11.4. The first kappa shape index (κ1) is 18.1. The number of rotatable bonds is 7. The molecule has 5 nitrogen and oxygen atoms in total. The summed E-state index contributed by atoms with van der Waals surface area (Å²) in [5.74, 6) is -0.181. The average Bonchev–Trinajstić information content (AvgIpc) is 2.53. The summed E-state index contributed by atoms with van der Waals surface area (Å²) >= 11 is 11.9. The van der Waals surface area contributed by atoms with E-state index in [0.717, 1.165) is 5.56 Å². The number of nitrogens with two attached hydrogens (primary N) is 1. The molecule has 0 aliphatic heterocycles. The maximum Gasteiger partial charge on any atom is 0.255 e. The molecule has 0 aliphatic carbocycles. The van der Waals surface area contributed by atoms with E-state index in [1.807, 2.05) is 6.07 Å². The molecule has 0 saturated carbocycles. The summed E-state index contributed by atoms with van der Waals surface area (Å²) in [7, 11) is 0. The van der Waals surface area contributed by atoms with Gasteiger partial charge in [-0.15, -0.1) is 0 Å². The highest BCUT2D eigenvalue weighted by Crippen LogP contribution is 2.22. The van der Waals surface area contributed by atoms with Gasteiger partial charge in [0.25, 0.3) is 5.91 Å². The van der Waals surface area contributed by atoms with E-state index in [1.54, 1.807) is 36.4 Å². The Bertz CT molecular complexity index is 733. The molecular formula is C17H16Cl2N2O3. The minimum Gasteiger partial charge on any atom is -0.484 e. The van der Waals surface area contributed by atoms with Crippen molar-refractivity contribution in [2.24, 2.45) is 5.73 Å². The number of benzene rings is 2. The number of halogens is 2. The first-order valence-electron chi connectivity index (χ1n) is 7.19. The molecule has 126 valence electrons. The normalized spacial score (nSPS) is 10.2. The van der Waals surface area contributed by atoms with Crippen molar-refractivity contribution < 1.29 is 14.3 Å². The van der Waals surface area contributed by atoms with Crippen LogP contribution < -0.4 is 15.8 Å². The Morgan fingerprint density at radius 1 is 1.08 bits per heavy atom. The van der Waals surface area contributed by atoms with Gasteiger partial charge in [0.1, 0.15) is 5.75 Å². The highest BCUT2D eigenvalue weighted by Gasteiger charge is 2.07. The fourth-order valence-corrected chi connectivity index (χ4v) is 2.49. The highest BCUT2D eigenvalue weighted by atomic mass is 35.5. The van der Waals surface area contributed by atoms with E-state index in [1.165, 1.54) is 0 Å². The van der Waals surface area contributed by atoms with E-state index >= 15 is 0 Å². The van der Waals surface area contributed by atoms with Crippen LogP contribution in [-0.2, 0) is 16.0 Å². The fraction of sp³-hybridized carbons (Fsp3) is 0.176. The molecule has 0 bridgehead atoms. The van der Waals surface area contributed by atoms with E-state index in [-0.39, 0.29) is 12.5 Å². The van der Waals surface area contributed by atoms with E-state index in [0.29, 0.717) is 34.3 Å². The summed E-state index contributed by atoms with van der Waals surface area (Å²) in [6, 6.07) is 11.9. The van der Waals surface area contributed by atoms with Crippen molar-refractivity contribution in [1.29, 1.82) is 0 Å². The predicted octanol–water partition coefficient (Wildman–Crippen LogP) is 3.43. The Balaban J connectivity index is 1.84. The minimum atomic E-state index is -0.548. The number of primary amides is 1. The van der Waals surface area contributed by atoms with Crippen molar-refractivity contribution >= 4 is 40.7 Å². The second kappa shape index (κ2) is 8.57. The standard InChI is InChI=1S/C17H16Cl2N2O3/c18-12-3-1-11(15(19)9-12)2-8-17(23)21-13-4-6-14(7-5-13)24-10-16(20)22/h1,3-7,9H,2,8,10H2,(H2,20,22)(H,21,23). The van der Waals surface area contributed by atoms with Crippen LogP contribution >= 0.6 is 23.2 Å². The van der Waals surface area contributed by atoms with Crippen LogP contribution in [0.1, 0.15) is 12.0 Å². The van der Waals surface area contributed by atoms with Crippen molar-refractivity contribution in [3.8, 4) is 5.75 Å². The average molecular weight is 367 g/mol. The van der Waals surface area contributed by atoms with Crippen LogP contribution in [-0.4, -0.2) is 18.4 Å². The van der Waals surface area contributed by atoms with Gasteiger partial charge in [-0.3, -0.25) is 9.59 Å². The zero-order valence-corrected chi connectivity index (χ0v) is 14.2. The second-order valence-electron chi connectivity index (χ2n) is 5.06. The molecule has 2 rings (SSSR count). The molecule has 0 saturated heterocycles. The van der Waals surface area contributed by atoms with Gasteiger partial charge in [-0.1, -0.05) is 29.3 Å². The monoisotopic (exact) mass is 366 g/mol. The topological polar surface area (TPSA) is 81.4 Å². The third-order valence-electron chi connectivity index (χ3n) is 3.16. The Morgan fingerprint density at radius 2 is 1.79 bits per heavy atom. The molecule has 0 fully saturated rings. The van der Waals surface area contributed by atoms with Crippen LogP contribution in [0.25, 0.3) is 0 Å². The minimum absolute atomic E-state index is 0.133. The number of carbonyl (C=O) groups is 2. The molecule has 0 aromatic heterocycles. The largest absolute Gasteiger partial charge is 0.484 e. The maximum atomic E-state index is 12.0. The zero-order chi connectivity index (χ0) is 17.5. The quantitative estimate of drug-likeness (QED) is 0.787. The van der Waals surface area contributed by atoms with Crippen LogP contribution in [0, 0.1) is 0 Å². The van der Waals surface area contributed by atoms with E-state index in [2.05, 4.69) is 5.32 Å². The summed E-state index contributed by atoms with van der Waals surface area (Å²) < 4.78 is 5.14. The van der Waals surface area contributed by atoms with Crippen LogP contribution in [0.2, 0.25) is 10.0 Å². The van der Waals surface area contributed by atoms with E-state index in [4.69, 9.17) is 33.7 Å². The van der Waals surface area contributed by atoms with Crippen LogP contribution in [0.15, 0.2) is 42.5 Å². The number of ether oxygens (including phenoxy) is 1. The third kappa shape index (κ3) is 5.76. The highest BCUT2D eigenvalue weighted by molar-refractivity contribution is 6.35. The molecule has 3 N–H and O–H groups in total. The maximum absolute atomic E-state index is 12.0. The summed E-state index contributed by atoms with van der Waals surface area (Å²) in [5.41, 5.74) is 6.50. The Labute approximate surface area is 149 Å². The molecule has 2 amide bonds. The van der Waals surface area contributed by atoms with Gasteiger partial charge in [-0.25, -0.2) is 0 Å². The van der Waals surface area contributed by atoms with Gasteiger partial charge in [0.15, 0.2) is 6.61 Å². The number of nitrogens with one attached hydrogen (secondary N) is 1. The van der Waals surface area contributed by atoms with Crippen LogP contribution in [0.3, 0.4) is 0 Å². The van der Waals surface area contributed by atoms with Gasteiger partial charge >= 0.3 is 0 Å². The van der Waals surface area contributed by atoms with Crippen molar-refractivity contribution in [1.82, 2.24) is 0 Å².